The Bertz CT molecular complexity index is 1120. The van der Waals surface area contributed by atoms with Crippen molar-refractivity contribution in [1.82, 2.24) is 5.43 Å². The summed E-state index contributed by atoms with van der Waals surface area (Å²) in [5.41, 5.74) is 7.18. The molecular weight excluding hydrogens is 499 g/mol. The summed E-state index contributed by atoms with van der Waals surface area (Å²) in [5.74, 6) is -0.201. The Hall–Kier alpha value is -1.27. The van der Waals surface area contributed by atoms with Crippen molar-refractivity contribution in [1.29, 1.82) is 0 Å². The summed E-state index contributed by atoms with van der Waals surface area (Å²) in [6, 6.07) is 15.0. The first-order chi connectivity index (χ1) is 17.1. The minimum absolute atomic E-state index is 0. The number of aryl methyl sites for hydroxylation is 1. The average Bonchev–Trinajstić information content (AvgIpc) is 2.85. The van der Waals surface area contributed by atoms with Crippen molar-refractivity contribution in [3.63, 3.8) is 0 Å². The number of carbonyl (C=O) groups is 1. The number of rotatable bonds is 13. The number of carboxylic acid groups (broad SMARTS) is 1. The number of thioether (sulfide) groups is 1. The second-order valence-electron chi connectivity index (χ2n) is 10.1. The van der Waals surface area contributed by atoms with E-state index in [1.807, 2.05) is 42.7 Å². The number of sulfonamides is 1. The number of nitrogens with one attached hydrogen (secondary N) is 1. The van der Waals surface area contributed by atoms with Crippen LogP contribution in [0, 0.1) is 12.8 Å². The molecule has 200 valence electrons. The first-order valence-corrected chi connectivity index (χ1v) is 16.1. The number of carboxylic acids is 1. The summed E-state index contributed by atoms with van der Waals surface area (Å²) in [4.78, 5) is 12.1. The topological polar surface area (TPSA) is 86.3 Å². The molecule has 3 rings (SSSR count). The van der Waals surface area contributed by atoms with E-state index >= 15 is 0 Å². The molecule has 1 saturated carbocycles. The predicted octanol–water partition coefficient (Wildman–Crippen LogP) is 3.64. The molecule has 6 nitrogen and oxygen atoms in total. The van der Waals surface area contributed by atoms with Crippen LogP contribution >= 0.6 is 11.8 Å². The van der Waals surface area contributed by atoms with Crippen LogP contribution in [0.25, 0.3) is 11.1 Å². The fraction of sp³-hybridized carbons (Fsp3) is 0.536. The monoisotopic (exact) mass is 540 g/mol. The number of carbonyl (C=O) groups excluding carboxylic acids is 1. The Morgan fingerprint density at radius 1 is 1.14 bits per heavy atom. The Balaban J connectivity index is 0.00000481. The molecule has 0 spiro atoms. The molecule has 0 heterocycles. The van der Waals surface area contributed by atoms with E-state index in [1.54, 1.807) is 0 Å². The van der Waals surface area contributed by atoms with E-state index in [0.717, 1.165) is 41.5 Å². The molecule has 0 aromatic heterocycles. The van der Waals surface area contributed by atoms with Crippen LogP contribution in [-0.2, 0) is 21.4 Å². The van der Waals surface area contributed by atoms with Gasteiger partial charge in [0.2, 0.25) is 0 Å². The molecule has 0 aliphatic heterocycles. The van der Waals surface area contributed by atoms with Crippen molar-refractivity contribution in [2.75, 3.05) is 24.8 Å². The van der Waals surface area contributed by atoms with Crippen LogP contribution < -0.4 is 10.5 Å². The number of hydrogen-bond acceptors (Lipinski definition) is 6. The molecule has 0 amide bonds. The molecular formula is C28H41LiN2O4S2. The second-order valence-corrected chi connectivity index (χ2v) is 13.2. The standard InChI is InChI=1S/C28H40N2O4S2.Li.H/c1-22-10-7-8-15-26(22)25-14-9-13-24(20-25)21-30(36(3,33)34,18-16-23-11-5-4-6-12-23)29-27(28(31)32)17-19-35-2;;/h7-10,13-15,20,23,27,29H,4-6,11-12,16-19,21H2,1-3H3;;/t27-,30?;;/m0../s1. The molecule has 1 unspecified atom stereocenters. The number of nitrogens with zero attached hydrogens (tertiary/aromatic N) is 1. The first kappa shape index (κ1) is 31.9. The zero-order valence-electron chi connectivity index (χ0n) is 21.7. The molecule has 37 heavy (non-hydrogen) atoms. The fourth-order valence-corrected chi connectivity index (χ4v) is 6.83. The van der Waals surface area contributed by atoms with Crippen molar-refractivity contribution in [2.45, 2.75) is 64.5 Å². The first-order valence-electron chi connectivity index (χ1n) is 12.8. The maximum absolute atomic E-state index is 13.5. The summed E-state index contributed by atoms with van der Waals surface area (Å²) in [6.07, 6.45) is 9.93. The zero-order chi connectivity index (χ0) is 26.2. The van der Waals surface area contributed by atoms with Gasteiger partial charge in [0.15, 0.2) is 0 Å². The predicted molar refractivity (Wildman–Crippen MR) is 154 cm³/mol. The van der Waals surface area contributed by atoms with Gasteiger partial charge in [-0.05, 0) is 54.0 Å². The molecule has 9 heteroatoms. The van der Waals surface area contributed by atoms with Gasteiger partial charge in [-0.2, -0.15) is 20.2 Å². The van der Waals surface area contributed by atoms with Crippen LogP contribution in [-0.4, -0.2) is 68.1 Å². The van der Waals surface area contributed by atoms with Gasteiger partial charge >= 0.3 is 28.9 Å². The average molecular weight is 541 g/mol. The third-order valence-electron chi connectivity index (χ3n) is 7.37. The molecule has 0 bridgehead atoms. The molecule has 1 aliphatic carbocycles. The van der Waals surface area contributed by atoms with Gasteiger partial charge in [-0.1, -0.05) is 74.6 Å². The number of aliphatic carboxylic acids is 1. The Labute approximate surface area is 239 Å². The van der Waals surface area contributed by atoms with Gasteiger partial charge in [0.05, 0.1) is 18.3 Å². The zero-order valence-corrected chi connectivity index (χ0v) is 23.4. The molecule has 1 fully saturated rings. The van der Waals surface area contributed by atoms with E-state index < -0.39 is 26.0 Å². The van der Waals surface area contributed by atoms with E-state index in [0.29, 0.717) is 24.6 Å². The van der Waals surface area contributed by atoms with Crippen molar-refractivity contribution >= 4 is 46.6 Å². The minimum atomic E-state index is -3.74. The second kappa shape index (κ2) is 14.8. The van der Waals surface area contributed by atoms with Crippen LogP contribution in [0.4, 0.5) is 0 Å². The van der Waals surface area contributed by atoms with E-state index in [9.17, 15) is 18.3 Å². The van der Waals surface area contributed by atoms with Crippen molar-refractivity contribution < 1.29 is 22.3 Å². The molecule has 1 aliphatic rings. The van der Waals surface area contributed by atoms with Crippen molar-refractivity contribution in [3.05, 3.63) is 59.7 Å². The van der Waals surface area contributed by atoms with Gasteiger partial charge < -0.3 is 9.90 Å². The van der Waals surface area contributed by atoms with Gasteiger partial charge in [-0.3, -0.25) is 0 Å². The number of hydrogen-bond donors (Lipinski definition) is 1. The van der Waals surface area contributed by atoms with Gasteiger partial charge in [-0.25, -0.2) is 0 Å². The normalized spacial score (nSPS) is 16.9. The number of quaternary nitrogens is 1. The molecule has 2 atom stereocenters. The van der Waals surface area contributed by atoms with Gasteiger partial charge in [0, 0.05) is 12.0 Å². The third-order valence-corrected chi connectivity index (χ3v) is 9.70. The molecule has 1 N–H and O–H groups in total. The quantitative estimate of drug-likeness (QED) is 0.237. The van der Waals surface area contributed by atoms with E-state index in [4.69, 9.17) is 0 Å². The van der Waals surface area contributed by atoms with Crippen LogP contribution in [0.3, 0.4) is 0 Å². The van der Waals surface area contributed by atoms with Crippen molar-refractivity contribution in [2.24, 2.45) is 5.92 Å². The van der Waals surface area contributed by atoms with Gasteiger partial charge in [-0.15, -0.1) is 9.42 Å². The molecule has 2 aromatic rings. The van der Waals surface area contributed by atoms with Crippen LogP contribution in [0.15, 0.2) is 48.5 Å². The summed E-state index contributed by atoms with van der Waals surface area (Å²) < 4.78 is 26.4. The maximum atomic E-state index is 13.5. The summed E-state index contributed by atoms with van der Waals surface area (Å²) >= 11 is 1.53. The van der Waals surface area contributed by atoms with Crippen LogP contribution in [0.1, 0.15) is 56.1 Å². The Morgan fingerprint density at radius 3 is 2.46 bits per heavy atom. The van der Waals surface area contributed by atoms with E-state index in [2.05, 4.69) is 24.5 Å². The van der Waals surface area contributed by atoms with E-state index in [1.165, 1.54) is 37.3 Å². The Morgan fingerprint density at radius 2 is 1.84 bits per heavy atom. The third kappa shape index (κ3) is 8.88. The summed E-state index contributed by atoms with van der Waals surface area (Å²) in [6.45, 7) is 2.52. The summed E-state index contributed by atoms with van der Waals surface area (Å²) in [5, 5.41) is 12.1. The molecule has 0 radical (unpaired) electrons. The van der Waals surface area contributed by atoms with Crippen LogP contribution in [0.5, 0.6) is 0 Å². The molecule has 2 aromatic carbocycles. The Kier molecular flexibility index (Phi) is 12.7. The van der Waals surface area contributed by atoms with E-state index in [-0.39, 0.29) is 25.4 Å². The van der Waals surface area contributed by atoms with Gasteiger partial charge in [0.25, 0.3) is 0 Å². The SMILES string of the molecule is CSCC[C@H](N[N+](CCC1CCCCC1)(Cc1cccc(-c2ccccc2C)c1)S(C)(=O)=O)C(=O)[O-].[LiH]. The van der Waals surface area contributed by atoms with Crippen molar-refractivity contribution in [3.8, 4) is 11.1 Å². The fourth-order valence-electron chi connectivity index (χ4n) is 5.22. The molecule has 0 saturated heterocycles. The van der Waals surface area contributed by atoms with Gasteiger partial charge in [0.1, 0.15) is 13.1 Å². The number of benzene rings is 2. The summed E-state index contributed by atoms with van der Waals surface area (Å²) in [7, 11) is -3.74. The van der Waals surface area contributed by atoms with Crippen LogP contribution in [0.2, 0.25) is 0 Å².